The minimum atomic E-state index is -0.484. The highest BCUT2D eigenvalue weighted by molar-refractivity contribution is 6.08. The van der Waals surface area contributed by atoms with E-state index in [0.717, 1.165) is 12.0 Å². The number of hydrogen-bond donors (Lipinski definition) is 2. The van der Waals surface area contributed by atoms with Crippen LogP contribution in [0.15, 0.2) is 83.9 Å². The number of aromatic nitrogens is 2. The van der Waals surface area contributed by atoms with E-state index < -0.39 is 11.9 Å². The molecule has 1 amide bonds. The quantitative estimate of drug-likeness (QED) is 0.324. The van der Waals surface area contributed by atoms with Gasteiger partial charge in [-0.15, -0.1) is 0 Å². The normalized spacial score (nSPS) is 11.7. The molecule has 1 atom stereocenters. The molecule has 2 aromatic carbocycles. The molecule has 2 N–H and O–H groups in total. The Hall–Kier alpha value is -4.43. The maximum atomic E-state index is 13.6. The van der Waals surface area contributed by atoms with Gasteiger partial charge in [0.25, 0.3) is 5.56 Å². The number of likely N-dealkylation sites (N-methyl/N-ethyl adjacent to an activating group) is 1. The number of ketones is 1. The predicted octanol–water partition coefficient (Wildman–Crippen LogP) is 4.44. The number of rotatable bonds is 9. The highest BCUT2D eigenvalue weighted by Crippen LogP contribution is 2.22. The van der Waals surface area contributed by atoms with Crippen molar-refractivity contribution in [2.24, 2.45) is 0 Å². The summed E-state index contributed by atoms with van der Waals surface area (Å²) in [5.41, 5.74) is 3.72. The second kappa shape index (κ2) is 11.7. The van der Waals surface area contributed by atoms with Crippen LogP contribution in [-0.2, 0) is 17.8 Å². The predicted molar refractivity (Wildman–Crippen MR) is 146 cm³/mol. The lowest BCUT2D eigenvalue weighted by Gasteiger charge is -2.17. The molecular weight excluding hydrogens is 483 g/mol. The van der Waals surface area contributed by atoms with Crippen molar-refractivity contribution in [1.29, 1.82) is 0 Å². The first-order valence-corrected chi connectivity index (χ1v) is 12.4. The van der Waals surface area contributed by atoms with Gasteiger partial charge in [-0.05, 0) is 79.5 Å². The van der Waals surface area contributed by atoms with E-state index in [9.17, 15) is 18.8 Å². The summed E-state index contributed by atoms with van der Waals surface area (Å²) >= 11 is 0. The van der Waals surface area contributed by atoms with Gasteiger partial charge in [0.05, 0.1) is 18.3 Å². The second-order valence-electron chi connectivity index (χ2n) is 8.99. The van der Waals surface area contributed by atoms with Crippen LogP contribution in [-0.4, -0.2) is 34.3 Å². The molecule has 0 saturated heterocycles. The number of nitrogens with zero attached hydrogens (tertiary/aromatic N) is 2. The fourth-order valence-corrected chi connectivity index (χ4v) is 4.01. The van der Waals surface area contributed by atoms with Crippen LogP contribution in [0.3, 0.4) is 0 Å². The molecule has 0 aliphatic rings. The van der Waals surface area contributed by atoms with Crippen molar-refractivity contribution >= 4 is 17.4 Å². The third-order valence-corrected chi connectivity index (χ3v) is 6.42. The van der Waals surface area contributed by atoms with Crippen LogP contribution in [0.2, 0.25) is 0 Å². The van der Waals surface area contributed by atoms with Gasteiger partial charge in [-0.25, -0.2) is 4.39 Å². The summed E-state index contributed by atoms with van der Waals surface area (Å²) in [6.45, 7) is 3.89. The zero-order valence-corrected chi connectivity index (χ0v) is 21.5. The maximum Gasteiger partial charge on any atom is 0.275 e. The van der Waals surface area contributed by atoms with Crippen LogP contribution in [0, 0.1) is 5.82 Å². The number of anilines is 1. The van der Waals surface area contributed by atoms with Crippen molar-refractivity contribution in [2.75, 3.05) is 12.4 Å². The zero-order valence-electron chi connectivity index (χ0n) is 21.5. The van der Waals surface area contributed by atoms with Gasteiger partial charge in [0.15, 0.2) is 5.78 Å². The van der Waals surface area contributed by atoms with Crippen molar-refractivity contribution in [3.05, 3.63) is 118 Å². The molecule has 2 aromatic heterocycles. The molecule has 0 radical (unpaired) electrons. The van der Waals surface area contributed by atoms with Crippen molar-refractivity contribution < 1.29 is 14.0 Å². The van der Waals surface area contributed by atoms with E-state index in [1.807, 2.05) is 24.3 Å². The van der Waals surface area contributed by atoms with Crippen LogP contribution < -0.4 is 16.2 Å². The van der Waals surface area contributed by atoms with Gasteiger partial charge in [-0.2, -0.15) is 0 Å². The van der Waals surface area contributed by atoms with Crippen molar-refractivity contribution in [3.8, 4) is 11.3 Å². The highest BCUT2D eigenvalue weighted by Gasteiger charge is 2.17. The topological polar surface area (TPSA) is 93.1 Å². The fraction of sp³-hybridized carbons (Fsp3) is 0.200. The van der Waals surface area contributed by atoms with E-state index in [-0.39, 0.29) is 29.5 Å². The van der Waals surface area contributed by atoms with Gasteiger partial charge in [-0.3, -0.25) is 19.4 Å². The number of halogens is 1. The van der Waals surface area contributed by atoms with E-state index in [4.69, 9.17) is 0 Å². The Kier molecular flexibility index (Phi) is 8.23. The summed E-state index contributed by atoms with van der Waals surface area (Å²) in [7, 11) is 1.67. The molecule has 0 spiro atoms. The molecule has 0 bridgehead atoms. The Balaban J connectivity index is 1.74. The first kappa shape index (κ1) is 26.6. The minimum Gasteiger partial charge on any atom is -0.320 e. The Bertz CT molecular complexity index is 1510. The summed E-state index contributed by atoms with van der Waals surface area (Å²) in [5.74, 6) is -1.06. The van der Waals surface area contributed by atoms with Crippen LogP contribution >= 0.6 is 0 Å². The molecule has 7 nitrogen and oxygen atoms in total. The average molecular weight is 513 g/mol. The van der Waals surface area contributed by atoms with E-state index in [0.29, 0.717) is 22.4 Å². The van der Waals surface area contributed by atoms with Gasteiger partial charge in [0.2, 0.25) is 5.91 Å². The second-order valence-corrected chi connectivity index (χ2v) is 8.99. The molecule has 0 saturated carbocycles. The number of benzene rings is 2. The summed E-state index contributed by atoms with van der Waals surface area (Å²) in [4.78, 5) is 43.3. The van der Waals surface area contributed by atoms with Crippen molar-refractivity contribution in [1.82, 2.24) is 14.9 Å². The Morgan fingerprint density at radius 2 is 1.66 bits per heavy atom. The number of aryl methyl sites for hydroxylation is 1. The summed E-state index contributed by atoms with van der Waals surface area (Å²) in [6, 6.07) is 17.8. The molecule has 0 aliphatic heterocycles. The number of carbonyl (C=O) groups is 2. The van der Waals surface area contributed by atoms with E-state index in [1.54, 1.807) is 42.9 Å². The van der Waals surface area contributed by atoms with Gasteiger partial charge >= 0.3 is 0 Å². The van der Waals surface area contributed by atoms with Gasteiger partial charge in [0, 0.05) is 23.5 Å². The monoisotopic (exact) mass is 512 g/mol. The lowest BCUT2D eigenvalue weighted by atomic mass is 10.0. The average Bonchev–Trinajstić information content (AvgIpc) is 2.95. The number of amides is 1. The SMILES string of the molecule is CCc1ccc(-c2ccc(NC(=O)C(C)NC)c(=O)n2Cc2cncc(C(=O)c3ccc(F)cc3)c2)cc1. The van der Waals surface area contributed by atoms with E-state index >= 15 is 0 Å². The first-order valence-electron chi connectivity index (χ1n) is 12.4. The highest BCUT2D eigenvalue weighted by atomic mass is 19.1. The van der Waals surface area contributed by atoms with Crippen LogP contribution in [0.4, 0.5) is 10.1 Å². The van der Waals surface area contributed by atoms with Crippen LogP contribution in [0.25, 0.3) is 11.3 Å². The smallest absolute Gasteiger partial charge is 0.275 e. The maximum absolute atomic E-state index is 13.6. The molecule has 38 heavy (non-hydrogen) atoms. The number of hydrogen-bond acceptors (Lipinski definition) is 5. The molecule has 4 rings (SSSR count). The third-order valence-electron chi connectivity index (χ3n) is 6.42. The van der Waals surface area contributed by atoms with E-state index in [2.05, 4.69) is 22.5 Å². The van der Waals surface area contributed by atoms with Gasteiger partial charge < -0.3 is 15.2 Å². The van der Waals surface area contributed by atoms with Crippen LogP contribution in [0.5, 0.6) is 0 Å². The molecular formula is C30H29FN4O3. The lowest BCUT2D eigenvalue weighted by molar-refractivity contribution is -0.117. The van der Waals surface area contributed by atoms with Crippen LogP contribution in [0.1, 0.15) is 40.9 Å². The Morgan fingerprint density at radius 1 is 0.947 bits per heavy atom. The lowest BCUT2D eigenvalue weighted by Crippen LogP contribution is -2.37. The van der Waals surface area contributed by atoms with Gasteiger partial charge in [-0.1, -0.05) is 31.2 Å². The molecule has 0 aliphatic carbocycles. The van der Waals surface area contributed by atoms with Crippen molar-refractivity contribution in [3.63, 3.8) is 0 Å². The van der Waals surface area contributed by atoms with Gasteiger partial charge in [0.1, 0.15) is 11.5 Å². The summed E-state index contributed by atoms with van der Waals surface area (Å²) in [5, 5.41) is 5.56. The summed E-state index contributed by atoms with van der Waals surface area (Å²) < 4.78 is 14.9. The standard InChI is InChI=1S/C30H29FN4O3/c1-4-20-5-7-22(8-6-20)27-14-13-26(34-29(37)19(2)32-3)30(38)35(27)18-21-15-24(17-33-16-21)28(36)23-9-11-25(31)12-10-23/h5-17,19,32H,4,18H2,1-3H3,(H,34,37). The number of nitrogens with one attached hydrogen (secondary N) is 2. The van der Waals surface area contributed by atoms with E-state index in [1.165, 1.54) is 36.0 Å². The molecule has 0 fully saturated rings. The zero-order chi connectivity index (χ0) is 27.2. The number of pyridine rings is 2. The third kappa shape index (κ3) is 5.92. The number of carbonyl (C=O) groups excluding carboxylic acids is 2. The van der Waals surface area contributed by atoms with Crippen molar-refractivity contribution in [2.45, 2.75) is 32.9 Å². The molecule has 194 valence electrons. The largest absolute Gasteiger partial charge is 0.320 e. The molecule has 1 unspecified atom stereocenters. The molecule has 2 heterocycles. The fourth-order valence-electron chi connectivity index (χ4n) is 4.01. The Morgan fingerprint density at radius 3 is 2.32 bits per heavy atom. The Labute approximate surface area is 220 Å². The first-order chi connectivity index (χ1) is 18.3. The molecule has 4 aromatic rings. The summed E-state index contributed by atoms with van der Waals surface area (Å²) in [6.07, 6.45) is 3.92. The minimum absolute atomic E-state index is 0.118. The molecule has 8 heteroatoms.